The van der Waals surface area contributed by atoms with Crippen molar-refractivity contribution in [2.75, 3.05) is 9.80 Å². The van der Waals surface area contributed by atoms with Gasteiger partial charge in [0.15, 0.2) is 0 Å². The molecule has 0 N–H and O–H groups in total. The van der Waals surface area contributed by atoms with Crippen molar-refractivity contribution in [2.24, 2.45) is 0 Å². The van der Waals surface area contributed by atoms with Gasteiger partial charge in [-0.1, -0.05) is 66.7 Å². The lowest BCUT2D eigenvalue weighted by Crippen LogP contribution is -2.60. The van der Waals surface area contributed by atoms with E-state index in [-0.39, 0.29) is 16.9 Å². The first-order valence-corrected chi connectivity index (χ1v) is 11.5. The summed E-state index contributed by atoms with van der Waals surface area (Å²) in [6.07, 6.45) is 0. The molecule has 0 radical (unpaired) electrons. The summed E-state index contributed by atoms with van der Waals surface area (Å²) in [6, 6.07) is 21.7. The predicted molar refractivity (Wildman–Crippen MR) is 128 cm³/mol. The Balaban J connectivity index is 1.79. The largest absolute Gasteiger partial charge is 0.442 e. The van der Waals surface area contributed by atoms with Crippen LogP contribution in [0.25, 0.3) is 0 Å². The average Bonchev–Trinajstić information content (AvgIpc) is 3.39. The molecule has 36 heavy (non-hydrogen) atoms. The first-order chi connectivity index (χ1) is 17.3. The van der Waals surface area contributed by atoms with Crippen molar-refractivity contribution in [3.63, 3.8) is 0 Å². The normalized spacial score (nSPS) is 25.9. The molecule has 3 aromatic carbocycles. The molecule has 6 rings (SSSR count). The maximum absolute atomic E-state index is 14.6. The number of hydrogen-bond acceptors (Lipinski definition) is 6. The molecule has 2 spiro atoms. The number of para-hydroxylation sites is 2. The van der Waals surface area contributed by atoms with Gasteiger partial charge < -0.3 is 4.74 Å². The number of benzene rings is 3. The van der Waals surface area contributed by atoms with Crippen molar-refractivity contribution in [3.8, 4) is 0 Å². The van der Waals surface area contributed by atoms with E-state index in [0.29, 0.717) is 11.1 Å². The van der Waals surface area contributed by atoms with Crippen LogP contribution in [0.3, 0.4) is 0 Å². The Morgan fingerprint density at radius 3 is 1.81 bits per heavy atom. The minimum atomic E-state index is -2.19. The number of hydrogen-bond donors (Lipinski definition) is 0. The van der Waals surface area contributed by atoms with E-state index in [4.69, 9.17) is 4.74 Å². The molecule has 1 fully saturated rings. The molecular weight excluding hydrogens is 460 g/mol. The summed E-state index contributed by atoms with van der Waals surface area (Å²) in [4.78, 5) is 70.2. The molecule has 0 unspecified atom stereocenters. The highest BCUT2D eigenvalue weighted by Gasteiger charge is 2.82. The zero-order valence-corrected chi connectivity index (χ0v) is 19.4. The van der Waals surface area contributed by atoms with Crippen molar-refractivity contribution < 1.29 is 28.7 Å². The quantitative estimate of drug-likeness (QED) is 0.497. The highest BCUT2D eigenvalue weighted by Crippen LogP contribution is 2.67. The Morgan fingerprint density at radius 2 is 1.19 bits per heavy atom. The van der Waals surface area contributed by atoms with Crippen LogP contribution in [-0.4, -0.2) is 29.6 Å². The molecule has 3 aliphatic rings. The molecule has 0 aromatic heterocycles. The van der Waals surface area contributed by atoms with Crippen molar-refractivity contribution in [2.45, 2.75) is 30.8 Å². The second-order valence-electron chi connectivity index (χ2n) is 9.11. The summed E-state index contributed by atoms with van der Waals surface area (Å²) >= 11 is 0. The molecule has 1 saturated heterocycles. The van der Waals surface area contributed by atoms with Gasteiger partial charge in [-0.15, -0.1) is 0 Å². The predicted octanol–water partition coefficient (Wildman–Crippen LogP) is 2.95. The van der Waals surface area contributed by atoms with Crippen molar-refractivity contribution in [1.29, 1.82) is 0 Å². The number of nitrogens with zero attached hydrogens (tertiary/aromatic N) is 2. The van der Waals surface area contributed by atoms with Crippen molar-refractivity contribution >= 4 is 41.0 Å². The van der Waals surface area contributed by atoms with E-state index in [0.717, 1.165) is 9.80 Å². The highest BCUT2D eigenvalue weighted by molar-refractivity contribution is 6.31. The lowest BCUT2D eigenvalue weighted by molar-refractivity contribution is -0.162. The summed E-state index contributed by atoms with van der Waals surface area (Å²) in [5.41, 5.74) is -2.64. The van der Waals surface area contributed by atoms with E-state index in [1.54, 1.807) is 78.9 Å². The standard InChI is InChI=1S/C28H20N2O6/c1-16(31)29-21-14-8-6-12-19(21)27(25(29)34)23(18-10-4-3-5-11-18)24(33)36-28(27)20-13-7-9-15-22(20)30(17(2)32)26(28)35/h3-15,23H,1-2H3/t23-,27+,28+/m1/s1. The molecule has 3 heterocycles. The number of anilines is 2. The molecular formula is C28H20N2O6. The lowest BCUT2D eigenvalue weighted by Gasteiger charge is -2.38. The van der Waals surface area contributed by atoms with Gasteiger partial charge in [-0.2, -0.15) is 0 Å². The molecule has 3 atom stereocenters. The van der Waals surface area contributed by atoms with Crippen LogP contribution in [0.4, 0.5) is 11.4 Å². The van der Waals surface area contributed by atoms with Gasteiger partial charge in [0, 0.05) is 19.4 Å². The smallest absolute Gasteiger partial charge is 0.316 e. The van der Waals surface area contributed by atoms with Gasteiger partial charge in [0.05, 0.1) is 11.4 Å². The fraction of sp³-hybridized carbons (Fsp3) is 0.179. The van der Waals surface area contributed by atoms with Crippen molar-refractivity contribution in [3.05, 3.63) is 95.6 Å². The van der Waals surface area contributed by atoms with E-state index in [2.05, 4.69) is 0 Å². The molecule has 178 valence electrons. The molecule has 3 aliphatic heterocycles. The van der Waals surface area contributed by atoms with E-state index in [1.807, 2.05) is 0 Å². The van der Waals surface area contributed by atoms with Gasteiger partial charge in [0.1, 0.15) is 11.3 Å². The Labute approximate surface area is 206 Å². The maximum Gasteiger partial charge on any atom is 0.316 e. The van der Waals surface area contributed by atoms with Gasteiger partial charge in [-0.3, -0.25) is 24.0 Å². The van der Waals surface area contributed by atoms with Gasteiger partial charge in [-0.25, -0.2) is 9.80 Å². The monoisotopic (exact) mass is 480 g/mol. The minimum absolute atomic E-state index is 0.227. The summed E-state index contributed by atoms with van der Waals surface area (Å²) in [7, 11) is 0. The number of esters is 1. The van der Waals surface area contributed by atoms with Gasteiger partial charge in [0.2, 0.25) is 17.4 Å². The fourth-order valence-electron chi connectivity index (χ4n) is 6.18. The van der Waals surface area contributed by atoms with E-state index in [9.17, 15) is 24.0 Å². The minimum Gasteiger partial charge on any atom is -0.442 e. The fourth-order valence-corrected chi connectivity index (χ4v) is 6.18. The zero-order chi connectivity index (χ0) is 25.4. The third-order valence-corrected chi connectivity index (χ3v) is 7.38. The highest BCUT2D eigenvalue weighted by atomic mass is 16.6. The third-order valence-electron chi connectivity index (χ3n) is 7.38. The SMILES string of the molecule is CC(=O)N1C(=O)[C@@]2(OC(=O)[C@@H](c3ccccc3)[C@@]23C(=O)N(C(C)=O)c2ccccc23)c2ccccc21. The number of imide groups is 2. The number of ether oxygens (including phenoxy) is 1. The summed E-state index contributed by atoms with van der Waals surface area (Å²) in [6.45, 7) is 2.49. The number of amides is 4. The lowest BCUT2D eigenvalue weighted by atomic mass is 9.59. The van der Waals surface area contributed by atoms with Crippen molar-refractivity contribution in [1.82, 2.24) is 0 Å². The van der Waals surface area contributed by atoms with E-state index >= 15 is 0 Å². The zero-order valence-electron chi connectivity index (χ0n) is 19.4. The van der Waals surface area contributed by atoms with Crippen LogP contribution in [0.15, 0.2) is 78.9 Å². The Morgan fingerprint density at radius 1 is 0.694 bits per heavy atom. The van der Waals surface area contributed by atoms with E-state index < -0.39 is 46.5 Å². The van der Waals surface area contributed by atoms with Crippen LogP contribution in [0.2, 0.25) is 0 Å². The summed E-state index contributed by atoms with van der Waals surface area (Å²) in [5, 5.41) is 0. The Bertz CT molecular complexity index is 1520. The average molecular weight is 480 g/mol. The molecule has 0 bridgehead atoms. The van der Waals surface area contributed by atoms with Crippen LogP contribution in [-0.2, 0) is 39.7 Å². The molecule has 3 aromatic rings. The second-order valence-corrected chi connectivity index (χ2v) is 9.11. The number of carbonyl (C=O) groups excluding carboxylic acids is 5. The maximum atomic E-state index is 14.6. The van der Waals surface area contributed by atoms with Crippen LogP contribution >= 0.6 is 0 Å². The summed E-state index contributed by atoms with van der Waals surface area (Å²) < 4.78 is 6.05. The Hall–Kier alpha value is -4.59. The van der Waals surface area contributed by atoms with E-state index in [1.165, 1.54) is 13.8 Å². The van der Waals surface area contributed by atoms with Crippen LogP contribution in [0.1, 0.15) is 36.5 Å². The Kier molecular flexibility index (Phi) is 4.39. The third kappa shape index (κ3) is 2.31. The molecule has 8 nitrogen and oxygen atoms in total. The number of rotatable bonds is 1. The first kappa shape index (κ1) is 21.9. The number of carbonyl (C=O) groups is 5. The molecule has 0 aliphatic carbocycles. The van der Waals surface area contributed by atoms with Crippen LogP contribution < -0.4 is 9.80 Å². The van der Waals surface area contributed by atoms with Gasteiger partial charge in [-0.05, 0) is 23.3 Å². The molecule has 8 heteroatoms. The molecule has 0 saturated carbocycles. The van der Waals surface area contributed by atoms with Gasteiger partial charge in [0.25, 0.3) is 11.8 Å². The van der Waals surface area contributed by atoms with Gasteiger partial charge >= 0.3 is 5.97 Å². The van der Waals surface area contributed by atoms with Crippen LogP contribution in [0, 0.1) is 0 Å². The second kappa shape index (κ2) is 7.21. The topological polar surface area (TPSA) is 101 Å². The summed E-state index contributed by atoms with van der Waals surface area (Å²) in [5.74, 6) is -4.77. The van der Waals surface area contributed by atoms with Crippen LogP contribution in [0.5, 0.6) is 0 Å². The number of fused-ring (bicyclic) bond motifs is 5. The first-order valence-electron chi connectivity index (χ1n) is 11.5. The molecule has 4 amide bonds.